The van der Waals surface area contributed by atoms with E-state index in [0.717, 1.165) is 0 Å². The van der Waals surface area contributed by atoms with Crippen molar-refractivity contribution in [2.75, 3.05) is 0 Å². The SMILES string of the molecule is Cc1ccc(C(Cl)c2ccc3c(c2)CCC3)s1. The van der Waals surface area contributed by atoms with Gasteiger partial charge in [-0.25, -0.2) is 0 Å². The highest BCUT2D eigenvalue weighted by Crippen LogP contribution is 2.35. The summed E-state index contributed by atoms with van der Waals surface area (Å²) in [6.07, 6.45) is 3.75. The highest BCUT2D eigenvalue weighted by Gasteiger charge is 2.16. The fraction of sp³-hybridized carbons (Fsp3) is 0.333. The molecule has 0 fully saturated rings. The summed E-state index contributed by atoms with van der Waals surface area (Å²) in [7, 11) is 0. The monoisotopic (exact) mass is 262 g/mol. The number of alkyl halides is 1. The molecule has 1 heterocycles. The molecule has 1 aliphatic rings. The van der Waals surface area contributed by atoms with Crippen molar-refractivity contribution in [2.45, 2.75) is 31.6 Å². The van der Waals surface area contributed by atoms with Gasteiger partial charge in [0.05, 0.1) is 5.38 Å². The summed E-state index contributed by atoms with van der Waals surface area (Å²) in [5, 5.41) is 0.0135. The highest BCUT2D eigenvalue weighted by atomic mass is 35.5. The molecule has 0 aliphatic heterocycles. The first-order chi connectivity index (χ1) is 8.24. The van der Waals surface area contributed by atoms with E-state index in [4.69, 9.17) is 11.6 Å². The molecule has 3 rings (SSSR count). The van der Waals surface area contributed by atoms with Crippen LogP contribution in [0.2, 0.25) is 0 Å². The van der Waals surface area contributed by atoms with E-state index in [1.54, 1.807) is 11.3 Å². The summed E-state index contributed by atoms with van der Waals surface area (Å²) in [4.78, 5) is 2.58. The Morgan fingerprint density at radius 1 is 1.12 bits per heavy atom. The molecule has 0 saturated carbocycles. The van der Waals surface area contributed by atoms with Gasteiger partial charge < -0.3 is 0 Å². The number of aryl methyl sites for hydroxylation is 3. The van der Waals surface area contributed by atoms with E-state index in [0.29, 0.717) is 0 Å². The van der Waals surface area contributed by atoms with Gasteiger partial charge in [0.25, 0.3) is 0 Å². The van der Waals surface area contributed by atoms with Gasteiger partial charge in [0.15, 0.2) is 0 Å². The van der Waals surface area contributed by atoms with Crippen molar-refractivity contribution in [1.82, 2.24) is 0 Å². The summed E-state index contributed by atoms with van der Waals surface area (Å²) in [6, 6.07) is 11.0. The van der Waals surface area contributed by atoms with E-state index in [1.807, 2.05) is 0 Å². The lowest BCUT2D eigenvalue weighted by Crippen LogP contribution is -1.92. The fourth-order valence-electron chi connectivity index (χ4n) is 2.50. The summed E-state index contributed by atoms with van der Waals surface area (Å²) in [6.45, 7) is 2.13. The zero-order valence-corrected chi connectivity index (χ0v) is 11.4. The highest BCUT2D eigenvalue weighted by molar-refractivity contribution is 7.12. The number of thiophene rings is 1. The van der Waals surface area contributed by atoms with Gasteiger partial charge in [-0.3, -0.25) is 0 Å². The van der Waals surface area contributed by atoms with E-state index in [2.05, 4.69) is 37.3 Å². The first kappa shape index (κ1) is 11.3. The molecule has 0 amide bonds. The second-order valence-electron chi connectivity index (χ2n) is 4.69. The molecule has 0 nitrogen and oxygen atoms in total. The van der Waals surface area contributed by atoms with Gasteiger partial charge in [-0.2, -0.15) is 0 Å². The lowest BCUT2D eigenvalue weighted by molar-refractivity contribution is 0.911. The third kappa shape index (κ3) is 2.14. The maximum atomic E-state index is 6.56. The standard InChI is InChI=1S/C15H15ClS/c1-10-5-8-14(17-10)15(16)13-7-6-11-3-2-4-12(11)9-13/h5-9,15H,2-4H2,1H3. The van der Waals surface area contributed by atoms with Crippen LogP contribution in [0.4, 0.5) is 0 Å². The molecule has 0 saturated heterocycles. The number of halogens is 1. The maximum absolute atomic E-state index is 6.56. The van der Waals surface area contributed by atoms with E-state index >= 15 is 0 Å². The molecule has 0 spiro atoms. The van der Waals surface area contributed by atoms with E-state index in [9.17, 15) is 0 Å². The molecule has 88 valence electrons. The van der Waals surface area contributed by atoms with Crippen LogP contribution in [0, 0.1) is 6.92 Å². The third-order valence-corrected chi connectivity index (χ3v) is 5.11. The average Bonchev–Trinajstić information content (AvgIpc) is 2.95. The fourth-order valence-corrected chi connectivity index (χ4v) is 3.73. The molecular weight excluding hydrogens is 248 g/mol. The summed E-state index contributed by atoms with van der Waals surface area (Å²) >= 11 is 8.35. The second kappa shape index (κ2) is 4.47. The van der Waals surface area contributed by atoms with Gasteiger partial charge in [-0.1, -0.05) is 18.2 Å². The van der Waals surface area contributed by atoms with Gasteiger partial charge in [-0.15, -0.1) is 22.9 Å². The number of rotatable bonds is 2. The van der Waals surface area contributed by atoms with Crippen LogP contribution in [0.3, 0.4) is 0 Å². The van der Waals surface area contributed by atoms with Crippen LogP contribution in [-0.2, 0) is 12.8 Å². The molecule has 0 bridgehead atoms. The van der Waals surface area contributed by atoms with Crippen LogP contribution < -0.4 is 0 Å². The van der Waals surface area contributed by atoms with Crippen molar-refractivity contribution < 1.29 is 0 Å². The van der Waals surface area contributed by atoms with Crippen molar-refractivity contribution in [3.8, 4) is 0 Å². The topological polar surface area (TPSA) is 0 Å². The van der Waals surface area contributed by atoms with Crippen LogP contribution >= 0.6 is 22.9 Å². The quantitative estimate of drug-likeness (QED) is 0.677. The van der Waals surface area contributed by atoms with Gasteiger partial charge in [0, 0.05) is 9.75 Å². The molecule has 1 aromatic carbocycles. The lowest BCUT2D eigenvalue weighted by atomic mass is 10.0. The molecule has 1 aromatic heterocycles. The molecule has 17 heavy (non-hydrogen) atoms. The normalized spacial score (nSPS) is 15.9. The molecule has 2 aromatic rings. The second-order valence-corrected chi connectivity index (χ2v) is 6.45. The Morgan fingerprint density at radius 2 is 1.94 bits per heavy atom. The number of hydrogen-bond donors (Lipinski definition) is 0. The van der Waals surface area contributed by atoms with Crippen molar-refractivity contribution in [3.05, 3.63) is 56.8 Å². The zero-order valence-electron chi connectivity index (χ0n) is 9.87. The van der Waals surface area contributed by atoms with E-state index in [-0.39, 0.29) is 5.38 Å². The molecule has 1 atom stereocenters. The Labute approximate surface area is 111 Å². The van der Waals surface area contributed by atoms with Crippen LogP contribution in [0.5, 0.6) is 0 Å². The van der Waals surface area contributed by atoms with Crippen LogP contribution in [0.25, 0.3) is 0 Å². The van der Waals surface area contributed by atoms with Crippen LogP contribution in [0.1, 0.15) is 38.2 Å². The minimum Gasteiger partial charge on any atom is -0.144 e. The Balaban J connectivity index is 1.94. The van der Waals surface area contributed by atoms with Crippen LogP contribution in [-0.4, -0.2) is 0 Å². The first-order valence-electron chi connectivity index (χ1n) is 6.06. The summed E-state index contributed by atoms with van der Waals surface area (Å²) in [5.41, 5.74) is 4.26. The average molecular weight is 263 g/mol. The lowest BCUT2D eigenvalue weighted by Gasteiger charge is -2.10. The molecule has 0 N–H and O–H groups in total. The Morgan fingerprint density at radius 3 is 2.71 bits per heavy atom. The molecule has 2 heteroatoms. The Kier molecular flexibility index (Phi) is 2.97. The molecule has 1 aliphatic carbocycles. The third-order valence-electron chi connectivity index (χ3n) is 3.43. The first-order valence-corrected chi connectivity index (χ1v) is 7.31. The smallest absolute Gasteiger partial charge is 0.0927 e. The number of hydrogen-bond acceptors (Lipinski definition) is 1. The Hall–Kier alpha value is -0.790. The maximum Gasteiger partial charge on any atom is 0.0927 e. The number of benzene rings is 1. The van der Waals surface area contributed by atoms with Crippen LogP contribution in [0.15, 0.2) is 30.3 Å². The van der Waals surface area contributed by atoms with Gasteiger partial charge in [0.2, 0.25) is 0 Å². The van der Waals surface area contributed by atoms with Crippen molar-refractivity contribution >= 4 is 22.9 Å². The molecule has 1 unspecified atom stereocenters. The van der Waals surface area contributed by atoms with Gasteiger partial charge >= 0.3 is 0 Å². The van der Waals surface area contributed by atoms with Crippen molar-refractivity contribution in [2.24, 2.45) is 0 Å². The minimum atomic E-state index is 0.0135. The summed E-state index contributed by atoms with van der Waals surface area (Å²) in [5.74, 6) is 0. The number of fused-ring (bicyclic) bond motifs is 1. The minimum absolute atomic E-state index is 0.0135. The zero-order chi connectivity index (χ0) is 11.8. The molecular formula is C15H15ClS. The predicted molar refractivity (Wildman–Crippen MR) is 75.2 cm³/mol. The molecule has 0 radical (unpaired) electrons. The predicted octanol–water partition coefficient (Wildman–Crippen LogP) is 4.87. The largest absolute Gasteiger partial charge is 0.144 e. The van der Waals surface area contributed by atoms with Crippen molar-refractivity contribution in [1.29, 1.82) is 0 Å². The van der Waals surface area contributed by atoms with Gasteiger partial charge in [0.1, 0.15) is 0 Å². The van der Waals surface area contributed by atoms with Gasteiger partial charge in [-0.05, 0) is 55.0 Å². The van der Waals surface area contributed by atoms with Crippen molar-refractivity contribution in [3.63, 3.8) is 0 Å². The van der Waals surface area contributed by atoms with E-state index < -0.39 is 0 Å². The summed E-state index contributed by atoms with van der Waals surface area (Å²) < 4.78 is 0. The Bertz CT molecular complexity index is 542. The van der Waals surface area contributed by atoms with E-state index in [1.165, 1.54) is 45.7 Å².